The van der Waals surface area contributed by atoms with Crippen LogP contribution in [0, 0.1) is 12.8 Å². The van der Waals surface area contributed by atoms with E-state index in [4.69, 9.17) is 11.6 Å². The Hall–Kier alpha value is -3.98. The highest BCUT2D eigenvalue weighted by Gasteiger charge is 2.26. The molecule has 0 spiro atoms. The highest BCUT2D eigenvalue weighted by atomic mass is 35.5. The summed E-state index contributed by atoms with van der Waals surface area (Å²) in [6.07, 6.45) is 6.55. The van der Waals surface area contributed by atoms with Crippen LogP contribution < -0.4 is 16.3 Å². The fourth-order valence-electron chi connectivity index (χ4n) is 5.16. The molecule has 196 valence electrons. The predicted molar refractivity (Wildman–Crippen MR) is 146 cm³/mol. The summed E-state index contributed by atoms with van der Waals surface area (Å²) in [6, 6.07) is 12.8. The van der Waals surface area contributed by atoms with E-state index in [1.807, 2.05) is 28.8 Å². The van der Waals surface area contributed by atoms with Crippen molar-refractivity contribution in [3.63, 3.8) is 0 Å². The summed E-state index contributed by atoms with van der Waals surface area (Å²) in [7, 11) is 1.55. The number of imidazole rings is 1. The molecule has 1 fully saturated rings. The number of hydrogen-bond acceptors (Lipinski definition) is 5. The van der Waals surface area contributed by atoms with Gasteiger partial charge in [0.15, 0.2) is 0 Å². The molecule has 0 saturated heterocycles. The van der Waals surface area contributed by atoms with E-state index in [1.165, 1.54) is 6.20 Å². The Bertz CT molecular complexity index is 1550. The number of nitrogens with zero attached hydrogens (tertiary/aromatic N) is 4. The third-order valence-corrected chi connectivity index (χ3v) is 7.43. The Morgan fingerprint density at radius 2 is 1.74 bits per heavy atom. The second-order valence-corrected chi connectivity index (χ2v) is 10.1. The summed E-state index contributed by atoms with van der Waals surface area (Å²) in [5.41, 5.74) is 3.55. The lowest BCUT2D eigenvalue weighted by Crippen LogP contribution is -2.39. The normalized spacial score (nSPS) is 17.3. The number of aromatic nitrogens is 4. The highest BCUT2D eigenvalue weighted by molar-refractivity contribution is 6.30. The van der Waals surface area contributed by atoms with Crippen LogP contribution in [0.15, 0.2) is 59.7 Å². The number of benzene rings is 1. The van der Waals surface area contributed by atoms with Crippen molar-refractivity contribution in [1.82, 2.24) is 29.7 Å². The van der Waals surface area contributed by atoms with Crippen LogP contribution in [0.3, 0.4) is 0 Å². The molecular formula is C28H29ClN6O3. The van der Waals surface area contributed by atoms with Crippen molar-refractivity contribution >= 4 is 34.4 Å². The number of aryl methyl sites for hydroxylation is 1. The van der Waals surface area contributed by atoms with Crippen LogP contribution in [0.25, 0.3) is 16.7 Å². The van der Waals surface area contributed by atoms with E-state index in [-0.39, 0.29) is 23.5 Å². The number of hydrogen-bond donors (Lipinski definition) is 2. The maximum atomic E-state index is 13.6. The molecule has 0 aliphatic heterocycles. The summed E-state index contributed by atoms with van der Waals surface area (Å²) in [4.78, 5) is 46.7. The molecule has 1 aliphatic carbocycles. The number of pyridine rings is 2. The monoisotopic (exact) mass is 532 g/mol. The van der Waals surface area contributed by atoms with Gasteiger partial charge in [-0.15, -0.1) is 0 Å². The summed E-state index contributed by atoms with van der Waals surface area (Å²) >= 11 is 6.03. The SMILES string of the molecule is CNC(=O)c1ccc(-n2c(=O)n(C[C@H]3CC[C@H](NC(=O)c4cc(Cl)cnc4C)CC3)c3ccccc32)cn1. The first kappa shape index (κ1) is 25.7. The molecule has 1 aromatic carbocycles. The molecule has 5 rings (SSSR count). The van der Waals surface area contributed by atoms with Crippen molar-refractivity contribution in [2.45, 2.75) is 45.2 Å². The number of nitrogens with one attached hydrogen (secondary N) is 2. The van der Waals surface area contributed by atoms with Gasteiger partial charge in [-0.1, -0.05) is 23.7 Å². The first-order chi connectivity index (χ1) is 18.4. The summed E-state index contributed by atoms with van der Waals surface area (Å²) in [5.74, 6) is -0.128. The molecule has 9 nitrogen and oxygen atoms in total. The van der Waals surface area contributed by atoms with Crippen LogP contribution in [0.2, 0.25) is 5.02 Å². The average Bonchev–Trinajstić information content (AvgIpc) is 3.21. The van der Waals surface area contributed by atoms with Crippen molar-refractivity contribution in [3.05, 3.63) is 87.3 Å². The summed E-state index contributed by atoms with van der Waals surface area (Å²) in [6.45, 7) is 2.39. The van der Waals surface area contributed by atoms with Crippen LogP contribution in [-0.2, 0) is 6.54 Å². The van der Waals surface area contributed by atoms with E-state index < -0.39 is 0 Å². The number of para-hydroxylation sites is 2. The van der Waals surface area contributed by atoms with E-state index in [1.54, 1.807) is 42.9 Å². The van der Waals surface area contributed by atoms with Crippen LogP contribution in [-0.4, -0.2) is 44.0 Å². The van der Waals surface area contributed by atoms with E-state index in [2.05, 4.69) is 20.6 Å². The molecule has 0 bridgehead atoms. The maximum absolute atomic E-state index is 13.6. The molecule has 2 N–H and O–H groups in total. The molecule has 3 heterocycles. The maximum Gasteiger partial charge on any atom is 0.333 e. The Balaban J connectivity index is 1.31. The van der Waals surface area contributed by atoms with Crippen molar-refractivity contribution in [3.8, 4) is 5.69 Å². The zero-order valence-electron chi connectivity index (χ0n) is 21.3. The van der Waals surface area contributed by atoms with Gasteiger partial charge in [0, 0.05) is 25.8 Å². The van der Waals surface area contributed by atoms with E-state index in [9.17, 15) is 14.4 Å². The number of fused-ring (bicyclic) bond motifs is 1. The topological polar surface area (TPSA) is 111 Å². The van der Waals surface area contributed by atoms with Crippen molar-refractivity contribution in [2.24, 2.45) is 5.92 Å². The Labute approximate surface area is 224 Å². The van der Waals surface area contributed by atoms with Crippen molar-refractivity contribution in [1.29, 1.82) is 0 Å². The second kappa shape index (κ2) is 10.8. The lowest BCUT2D eigenvalue weighted by Gasteiger charge is -2.29. The molecule has 1 aliphatic rings. The van der Waals surface area contributed by atoms with Crippen LogP contribution in [0.4, 0.5) is 0 Å². The lowest BCUT2D eigenvalue weighted by atomic mass is 9.85. The molecule has 2 amide bonds. The first-order valence-electron chi connectivity index (χ1n) is 12.7. The van der Waals surface area contributed by atoms with E-state index in [0.717, 1.165) is 36.7 Å². The average molecular weight is 533 g/mol. The number of rotatable bonds is 6. The van der Waals surface area contributed by atoms with Gasteiger partial charge in [0.2, 0.25) is 0 Å². The number of carbonyl (C=O) groups excluding carboxylic acids is 2. The summed E-state index contributed by atoms with van der Waals surface area (Å²) < 4.78 is 3.47. The number of carbonyl (C=O) groups is 2. The minimum atomic E-state index is -0.280. The minimum Gasteiger partial charge on any atom is -0.354 e. The highest BCUT2D eigenvalue weighted by Crippen LogP contribution is 2.28. The van der Waals surface area contributed by atoms with Gasteiger partial charge in [0.1, 0.15) is 5.69 Å². The smallest absolute Gasteiger partial charge is 0.333 e. The molecular weight excluding hydrogens is 504 g/mol. The second-order valence-electron chi connectivity index (χ2n) is 9.68. The Morgan fingerprint density at radius 1 is 1.00 bits per heavy atom. The standard InChI is InChI=1S/C28H29ClN6O3/c1-17-22(13-19(29)14-31-17)26(36)33-20-9-7-18(8-10-20)16-34-24-5-3-4-6-25(24)35(28(34)38)21-11-12-23(32-15-21)27(37)30-2/h3-6,11-15,18,20H,7-10,16H2,1-2H3,(H,30,37)(H,33,36)/t18-,20-. The molecule has 10 heteroatoms. The molecule has 0 atom stereocenters. The van der Waals surface area contributed by atoms with Crippen molar-refractivity contribution in [2.75, 3.05) is 7.05 Å². The van der Waals surface area contributed by atoms with Gasteiger partial charge in [-0.3, -0.25) is 23.7 Å². The molecule has 0 radical (unpaired) electrons. The van der Waals surface area contributed by atoms with Crippen molar-refractivity contribution < 1.29 is 9.59 Å². The predicted octanol–water partition coefficient (Wildman–Crippen LogP) is 3.89. The van der Waals surface area contributed by atoms with Gasteiger partial charge >= 0.3 is 5.69 Å². The largest absolute Gasteiger partial charge is 0.354 e. The number of amides is 2. The van der Waals surface area contributed by atoms with Gasteiger partial charge in [-0.2, -0.15) is 0 Å². The van der Waals surface area contributed by atoms with Gasteiger partial charge in [-0.25, -0.2) is 9.78 Å². The summed E-state index contributed by atoms with van der Waals surface area (Å²) in [5, 5.41) is 6.11. The minimum absolute atomic E-state index is 0.0695. The molecule has 0 unspecified atom stereocenters. The van der Waals surface area contributed by atoms with Gasteiger partial charge in [0.25, 0.3) is 11.8 Å². The van der Waals surface area contributed by atoms with E-state index >= 15 is 0 Å². The fraction of sp³-hybridized carbons (Fsp3) is 0.321. The van der Waals surface area contributed by atoms with Gasteiger partial charge < -0.3 is 10.6 Å². The Kier molecular flexibility index (Phi) is 7.28. The zero-order valence-corrected chi connectivity index (χ0v) is 22.0. The Morgan fingerprint density at radius 3 is 2.42 bits per heavy atom. The fourth-order valence-corrected chi connectivity index (χ4v) is 5.32. The quantitative estimate of drug-likeness (QED) is 0.391. The lowest BCUT2D eigenvalue weighted by molar-refractivity contribution is 0.0917. The van der Waals surface area contributed by atoms with Gasteiger partial charge in [-0.05, 0) is 68.9 Å². The van der Waals surface area contributed by atoms with Gasteiger partial charge in [0.05, 0.1) is 39.2 Å². The van der Waals surface area contributed by atoms with Crippen LogP contribution in [0.1, 0.15) is 52.2 Å². The molecule has 38 heavy (non-hydrogen) atoms. The first-order valence-corrected chi connectivity index (χ1v) is 13.0. The molecule has 3 aromatic heterocycles. The number of halogens is 1. The van der Waals surface area contributed by atoms with Crippen LogP contribution >= 0.6 is 11.6 Å². The van der Waals surface area contributed by atoms with Crippen LogP contribution in [0.5, 0.6) is 0 Å². The third kappa shape index (κ3) is 5.06. The third-order valence-electron chi connectivity index (χ3n) is 7.22. The molecule has 4 aromatic rings. The zero-order chi connectivity index (χ0) is 26.8. The van der Waals surface area contributed by atoms with E-state index in [0.29, 0.717) is 40.1 Å². The molecule has 1 saturated carbocycles.